The van der Waals surface area contributed by atoms with Crippen LogP contribution in [0, 0.1) is 5.82 Å². The van der Waals surface area contributed by atoms with Gasteiger partial charge in [0.2, 0.25) is 0 Å². The van der Waals surface area contributed by atoms with E-state index in [1.165, 1.54) is 18.2 Å². The second-order valence-electron chi connectivity index (χ2n) is 3.85. The van der Waals surface area contributed by atoms with Gasteiger partial charge in [-0.15, -0.1) is 0 Å². The maximum absolute atomic E-state index is 13.5. The van der Waals surface area contributed by atoms with Crippen molar-refractivity contribution in [1.29, 1.82) is 0 Å². The Morgan fingerprint density at radius 2 is 2.12 bits per heavy atom. The van der Waals surface area contributed by atoms with Crippen molar-refractivity contribution in [3.05, 3.63) is 29.8 Å². The molecule has 0 fully saturated rings. The quantitative estimate of drug-likeness (QED) is 0.791. The average Bonchev–Trinajstić information content (AvgIpc) is 2.70. The van der Waals surface area contributed by atoms with E-state index in [0.29, 0.717) is 11.5 Å². The molecule has 0 aliphatic carbocycles. The van der Waals surface area contributed by atoms with Crippen molar-refractivity contribution < 1.29 is 8.91 Å². The van der Waals surface area contributed by atoms with Gasteiger partial charge in [-0.3, -0.25) is 0 Å². The van der Waals surface area contributed by atoms with Gasteiger partial charge in [-0.25, -0.2) is 4.39 Å². The summed E-state index contributed by atoms with van der Waals surface area (Å²) in [4.78, 5) is 4.11. The van der Waals surface area contributed by atoms with Crippen LogP contribution in [0.5, 0.6) is 0 Å². The molecule has 4 nitrogen and oxygen atoms in total. The lowest BCUT2D eigenvalue weighted by molar-refractivity contribution is 0.417. The Morgan fingerprint density at radius 1 is 1.38 bits per heavy atom. The summed E-state index contributed by atoms with van der Waals surface area (Å²) in [6.45, 7) is 3.87. The third kappa shape index (κ3) is 1.88. The van der Waals surface area contributed by atoms with Crippen molar-refractivity contribution in [2.75, 3.05) is 5.73 Å². The van der Waals surface area contributed by atoms with Gasteiger partial charge < -0.3 is 10.3 Å². The summed E-state index contributed by atoms with van der Waals surface area (Å²) in [5, 5.41) is 3.77. The fourth-order valence-corrected chi connectivity index (χ4v) is 1.29. The van der Waals surface area contributed by atoms with Gasteiger partial charge in [0.25, 0.3) is 5.89 Å². The smallest absolute Gasteiger partial charge is 0.260 e. The van der Waals surface area contributed by atoms with Crippen LogP contribution in [-0.4, -0.2) is 10.1 Å². The molecule has 0 saturated heterocycles. The molecule has 0 unspecified atom stereocenters. The Hall–Kier alpha value is -1.91. The highest BCUT2D eigenvalue weighted by Crippen LogP contribution is 2.24. The van der Waals surface area contributed by atoms with E-state index >= 15 is 0 Å². The molecule has 2 aromatic rings. The molecular weight excluding hydrogens is 209 g/mol. The number of halogens is 1. The number of anilines is 1. The highest BCUT2D eigenvalue weighted by atomic mass is 19.1. The van der Waals surface area contributed by atoms with Gasteiger partial charge in [0, 0.05) is 11.6 Å². The Morgan fingerprint density at radius 3 is 2.75 bits per heavy atom. The van der Waals surface area contributed by atoms with E-state index in [1.54, 1.807) is 0 Å². The molecular formula is C11H12FN3O. The van der Waals surface area contributed by atoms with Crippen LogP contribution < -0.4 is 5.73 Å². The van der Waals surface area contributed by atoms with E-state index in [4.69, 9.17) is 10.3 Å². The van der Waals surface area contributed by atoms with Crippen molar-refractivity contribution in [3.8, 4) is 11.5 Å². The van der Waals surface area contributed by atoms with Crippen molar-refractivity contribution in [1.82, 2.24) is 10.1 Å². The average molecular weight is 221 g/mol. The predicted molar refractivity (Wildman–Crippen MR) is 58.2 cm³/mol. The van der Waals surface area contributed by atoms with E-state index in [2.05, 4.69) is 10.1 Å². The van der Waals surface area contributed by atoms with Gasteiger partial charge in [-0.1, -0.05) is 19.0 Å². The van der Waals surface area contributed by atoms with Crippen molar-refractivity contribution >= 4 is 5.69 Å². The zero-order valence-corrected chi connectivity index (χ0v) is 9.07. The molecule has 1 aromatic carbocycles. The van der Waals surface area contributed by atoms with Crippen molar-refractivity contribution in [2.45, 2.75) is 19.8 Å². The number of hydrogen-bond acceptors (Lipinski definition) is 4. The van der Waals surface area contributed by atoms with E-state index in [0.717, 1.165) is 0 Å². The molecule has 5 heteroatoms. The zero-order valence-electron chi connectivity index (χ0n) is 9.07. The molecule has 0 radical (unpaired) electrons. The number of rotatable bonds is 2. The number of nitrogens with zero attached hydrogens (tertiary/aromatic N) is 2. The molecule has 1 heterocycles. The van der Waals surface area contributed by atoms with Crippen LogP contribution in [0.1, 0.15) is 25.6 Å². The monoisotopic (exact) mass is 221 g/mol. The minimum absolute atomic E-state index is 0.140. The fourth-order valence-electron chi connectivity index (χ4n) is 1.29. The number of hydrogen-bond donors (Lipinski definition) is 1. The van der Waals surface area contributed by atoms with Crippen LogP contribution in [0.15, 0.2) is 22.7 Å². The normalized spacial score (nSPS) is 11.0. The molecule has 2 rings (SSSR count). The zero-order chi connectivity index (χ0) is 11.7. The van der Waals surface area contributed by atoms with E-state index < -0.39 is 5.82 Å². The molecule has 1 aromatic heterocycles. The standard InChI is InChI=1S/C11H12FN3O/c1-6(2)10-14-11(16-15-10)8-5-7(13)3-4-9(8)12/h3-6H,13H2,1-2H3. The number of nitrogen functional groups attached to an aromatic ring is 1. The lowest BCUT2D eigenvalue weighted by Crippen LogP contribution is -1.91. The van der Waals surface area contributed by atoms with Crippen molar-refractivity contribution in [3.63, 3.8) is 0 Å². The lowest BCUT2D eigenvalue weighted by atomic mass is 10.2. The maximum Gasteiger partial charge on any atom is 0.260 e. The maximum atomic E-state index is 13.5. The van der Waals surface area contributed by atoms with E-state index in [1.807, 2.05) is 13.8 Å². The minimum Gasteiger partial charge on any atom is -0.399 e. The second kappa shape index (κ2) is 3.92. The predicted octanol–water partition coefficient (Wildman–Crippen LogP) is 2.58. The Balaban J connectivity index is 2.46. The molecule has 0 saturated carbocycles. The van der Waals surface area contributed by atoms with Gasteiger partial charge in [0.1, 0.15) is 5.82 Å². The first-order valence-electron chi connectivity index (χ1n) is 4.97. The van der Waals surface area contributed by atoms with Crippen molar-refractivity contribution in [2.24, 2.45) is 0 Å². The van der Waals surface area contributed by atoms with Crippen LogP contribution in [0.25, 0.3) is 11.5 Å². The molecule has 16 heavy (non-hydrogen) atoms. The summed E-state index contributed by atoms with van der Waals surface area (Å²) < 4.78 is 18.5. The Bertz CT molecular complexity index is 508. The first-order valence-corrected chi connectivity index (χ1v) is 4.97. The molecule has 0 atom stereocenters. The minimum atomic E-state index is -0.423. The summed E-state index contributed by atoms with van der Waals surface area (Å²) in [7, 11) is 0. The summed E-state index contributed by atoms with van der Waals surface area (Å²) in [5.74, 6) is 0.431. The Kier molecular flexibility index (Phi) is 2.60. The highest BCUT2D eigenvalue weighted by molar-refractivity contribution is 5.60. The number of benzene rings is 1. The van der Waals surface area contributed by atoms with Crippen LogP contribution in [0.3, 0.4) is 0 Å². The molecule has 0 spiro atoms. The van der Waals surface area contributed by atoms with Gasteiger partial charge in [0.15, 0.2) is 5.82 Å². The topological polar surface area (TPSA) is 64.9 Å². The van der Waals surface area contributed by atoms with Crippen LogP contribution in [0.2, 0.25) is 0 Å². The van der Waals surface area contributed by atoms with Crippen LogP contribution in [-0.2, 0) is 0 Å². The van der Waals surface area contributed by atoms with Gasteiger partial charge in [-0.2, -0.15) is 4.98 Å². The summed E-state index contributed by atoms with van der Waals surface area (Å²) >= 11 is 0. The summed E-state index contributed by atoms with van der Waals surface area (Å²) in [5.41, 5.74) is 6.27. The van der Waals surface area contributed by atoms with Gasteiger partial charge in [0.05, 0.1) is 5.56 Å². The third-order valence-corrected chi connectivity index (χ3v) is 2.18. The largest absolute Gasteiger partial charge is 0.399 e. The van der Waals surface area contributed by atoms with Crippen LogP contribution in [0.4, 0.5) is 10.1 Å². The first kappa shape index (κ1) is 10.6. The van der Waals surface area contributed by atoms with E-state index in [9.17, 15) is 4.39 Å². The summed E-state index contributed by atoms with van der Waals surface area (Å²) in [6, 6.07) is 4.25. The van der Waals surface area contributed by atoms with Crippen LogP contribution >= 0.6 is 0 Å². The molecule has 84 valence electrons. The van der Waals surface area contributed by atoms with Gasteiger partial charge >= 0.3 is 0 Å². The third-order valence-electron chi connectivity index (χ3n) is 2.18. The lowest BCUT2D eigenvalue weighted by Gasteiger charge is -1.98. The Labute approximate surface area is 92.3 Å². The molecule has 0 aliphatic rings. The SMILES string of the molecule is CC(C)c1noc(-c2cc(N)ccc2F)n1. The number of nitrogens with two attached hydrogens (primary N) is 1. The van der Waals surface area contributed by atoms with Gasteiger partial charge in [-0.05, 0) is 18.2 Å². The summed E-state index contributed by atoms with van der Waals surface area (Å²) in [6.07, 6.45) is 0. The molecule has 2 N–H and O–H groups in total. The highest BCUT2D eigenvalue weighted by Gasteiger charge is 2.15. The fraction of sp³-hybridized carbons (Fsp3) is 0.273. The molecule has 0 amide bonds. The van der Waals surface area contributed by atoms with E-state index in [-0.39, 0.29) is 17.4 Å². The second-order valence-corrected chi connectivity index (χ2v) is 3.85. The molecule has 0 bridgehead atoms. The first-order chi connectivity index (χ1) is 7.58. The molecule has 0 aliphatic heterocycles. The number of aromatic nitrogens is 2.